The number of hydrogen-bond donors (Lipinski definition) is 2. The van der Waals surface area contributed by atoms with Gasteiger partial charge in [0.25, 0.3) is 0 Å². The molecule has 4 heteroatoms. The number of rotatable bonds is 9. The average molecular weight is 415 g/mol. The van der Waals surface area contributed by atoms with Gasteiger partial charge >= 0.3 is 0 Å². The summed E-state index contributed by atoms with van der Waals surface area (Å²) in [6.07, 6.45) is 7.08. The second-order valence-electron chi connectivity index (χ2n) is 9.09. The number of aliphatic hydroxyl groups excluding tert-OH is 2. The molecule has 0 amide bonds. The van der Waals surface area contributed by atoms with Crippen molar-refractivity contribution in [3.63, 3.8) is 0 Å². The fourth-order valence-corrected chi connectivity index (χ4v) is 3.38. The third-order valence-electron chi connectivity index (χ3n) is 5.66. The molecule has 1 atom stereocenters. The van der Waals surface area contributed by atoms with Gasteiger partial charge in [-0.3, -0.25) is 9.59 Å². The third kappa shape index (κ3) is 5.62. The highest BCUT2D eigenvalue weighted by Crippen LogP contribution is 2.47. The molecule has 0 aromatic heterocycles. The summed E-state index contributed by atoms with van der Waals surface area (Å²) >= 11 is 0. The Morgan fingerprint density at radius 2 is 1.40 bits per heavy atom. The van der Waals surface area contributed by atoms with E-state index >= 15 is 0 Å². The molecule has 0 unspecified atom stereocenters. The van der Waals surface area contributed by atoms with Gasteiger partial charge in [-0.2, -0.15) is 0 Å². The molecule has 166 valence electrons. The highest BCUT2D eigenvalue weighted by atomic mass is 16.3. The van der Waals surface area contributed by atoms with Crippen LogP contribution in [0.4, 0.5) is 0 Å². The second kappa shape index (κ2) is 10.6. The van der Waals surface area contributed by atoms with Crippen LogP contribution in [-0.2, 0) is 9.59 Å². The first-order valence-corrected chi connectivity index (χ1v) is 10.7. The van der Waals surface area contributed by atoms with Crippen LogP contribution >= 0.6 is 0 Å². The molecule has 0 saturated carbocycles. The Morgan fingerprint density at radius 3 is 1.80 bits per heavy atom. The van der Waals surface area contributed by atoms with E-state index in [0.29, 0.717) is 6.42 Å². The van der Waals surface area contributed by atoms with Gasteiger partial charge < -0.3 is 10.2 Å². The normalized spacial score (nSPS) is 16.9. The van der Waals surface area contributed by atoms with E-state index in [1.165, 1.54) is 0 Å². The first-order chi connectivity index (χ1) is 13.9. The zero-order valence-electron chi connectivity index (χ0n) is 19.8. The van der Waals surface area contributed by atoms with E-state index < -0.39 is 11.2 Å². The zero-order chi connectivity index (χ0) is 23.2. The predicted octanol–water partition coefficient (Wildman–Crippen LogP) is 6.86. The number of Topliss-reactive ketones (excluding diaryl/α,β-unsaturated/α-hetero) is 2. The number of aliphatic hydroxyl groups is 2. The number of carbonyl (C=O) groups is 2. The van der Waals surface area contributed by atoms with Crippen LogP contribution in [0.5, 0.6) is 0 Å². The first kappa shape index (κ1) is 25.7. The van der Waals surface area contributed by atoms with E-state index in [1.54, 1.807) is 6.92 Å². The van der Waals surface area contributed by atoms with Crippen LogP contribution in [0.15, 0.2) is 57.6 Å². The number of allylic oxidation sites excluding steroid dienone is 9. The molecule has 4 nitrogen and oxygen atoms in total. The van der Waals surface area contributed by atoms with E-state index in [4.69, 9.17) is 0 Å². The molecule has 0 aromatic rings. The van der Waals surface area contributed by atoms with Crippen LogP contribution in [0.3, 0.4) is 0 Å². The molecule has 0 aliphatic heterocycles. The van der Waals surface area contributed by atoms with Crippen molar-refractivity contribution >= 4 is 11.6 Å². The molecule has 2 N–H and O–H groups in total. The van der Waals surface area contributed by atoms with Crippen molar-refractivity contribution in [1.82, 2.24) is 0 Å². The van der Waals surface area contributed by atoms with Crippen LogP contribution in [-0.4, -0.2) is 21.8 Å². The smallest absolute Gasteiger partial charge is 0.184 e. The van der Waals surface area contributed by atoms with Crippen LogP contribution in [0.25, 0.3) is 0 Å². The minimum atomic E-state index is -1.29. The summed E-state index contributed by atoms with van der Waals surface area (Å²) in [5, 5.41) is 22.3. The van der Waals surface area contributed by atoms with E-state index in [1.807, 2.05) is 66.7 Å². The Kier molecular flexibility index (Phi) is 9.08. The standard InChI is InChI=1S/C26H38O4/c1-9-19(8)22(27)21-23(28)20(11-10-16(2)3)24(29)26(25(21)30,14-12-17(4)5)15-13-18(6)7/h10,12-13,19,28-29H,9,11,14-15H2,1-8H3/t19-/m0/s1. The maximum Gasteiger partial charge on any atom is 0.184 e. The molecule has 0 heterocycles. The quantitative estimate of drug-likeness (QED) is 0.319. The molecular formula is C26H38O4. The zero-order valence-corrected chi connectivity index (χ0v) is 19.8. The van der Waals surface area contributed by atoms with Gasteiger partial charge in [0.1, 0.15) is 17.1 Å². The molecule has 0 saturated heterocycles. The van der Waals surface area contributed by atoms with Gasteiger partial charge in [-0.05, 0) is 67.2 Å². The number of hydrogen-bond acceptors (Lipinski definition) is 4. The van der Waals surface area contributed by atoms with Crippen molar-refractivity contribution in [2.75, 3.05) is 0 Å². The lowest BCUT2D eigenvalue weighted by molar-refractivity contribution is -0.129. The molecule has 0 bridgehead atoms. The van der Waals surface area contributed by atoms with Gasteiger partial charge in [-0.25, -0.2) is 0 Å². The summed E-state index contributed by atoms with van der Waals surface area (Å²) in [7, 11) is 0. The topological polar surface area (TPSA) is 74.6 Å². The van der Waals surface area contributed by atoms with Crippen LogP contribution in [0.2, 0.25) is 0 Å². The van der Waals surface area contributed by atoms with E-state index in [9.17, 15) is 19.8 Å². The Hall–Kier alpha value is -2.36. The molecule has 0 spiro atoms. The average Bonchev–Trinajstić information content (AvgIpc) is 2.66. The van der Waals surface area contributed by atoms with Crippen molar-refractivity contribution in [3.05, 3.63) is 57.6 Å². The molecule has 0 aromatic carbocycles. The summed E-state index contributed by atoms with van der Waals surface area (Å²) in [5.74, 6) is -1.73. The van der Waals surface area contributed by atoms with Crippen molar-refractivity contribution in [3.8, 4) is 0 Å². The SMILES string of the molecule is CC[C@H](C)C(=O)C1=C(O)C(CC=C(C)C)=C(O)C(CC=C(C)C)(CC=C(C)C)C1=O. The van der Waals surface area contributed by atoms with Gasteiger partial charge in [-0.15, -0.1) is 0 Å². The summed E-state index contributed by atoms with van der Waals surface area (Å²) < 4.78 is 0. The van der Waals surface area contributed by atoms with E-state index in [0.717, 1.165) is 16.7 Å². The van der Waals surface area contributed by atoms with Crippen molar-refractivity contribution < 1.29 is 19.8 Å². The summed E-state index contributed by atoms with van der Waals surface area (Å²) in [6, 6.07) is 0. The highest BCUT2D eigenvalue weighted by molar-refractivity contribution is 6.24. The molecular weight excluding hydrogens is 376 g/mol. The van der Waals surface area contributed by atoms with Gasteiger partial charge in [-0.1, -0.05) is 48.8 Å². The first-order valence-electron chi connectivity index (χ1n) is 10.7. The Bertz CT molecular complexity index is 814. The van der Waals surface area contributed by atoms with E-state index in [2.05, 4.69) is 0 Å². The molecule has 1 aliphatic carbocycles. The van der Waals surface area contributed by atoms with Gasteiger partial charge in [0.2, 0.25) is 0 Å². The number of ketones is 2. The molecule has 1 aliphatic rings. The Labute approximate surface area is 181 Å². The molecule has 30 heavy (non-hydrogen) atoms. The lowest BCUT2D eigenvalue weighted by Crippen LogP contribution is -2.41. The lowest BCUT2D eigenvalue weighted by atomic mass is 9.66. The van der Waals surface area contributed by atoms with Crippen LogP contribution in [0.1, 0.15) is 81.1 Å². The highest BCUT2D eigenvalue weighted by Gasteiger charge is 2.50. The van der Waals surface area contributed by atoms with Gasteiger partial charge in [0.15, 0.2) is 11.6 Å². The van der Waals surface area contributed by atoms with Crippen molar-refractivity contribution in [1.29, 1.82) is 0 Å². The fraction of sp³-hybridized carbons (Fsp3) is 0.538. The maximum atomic E-state index is 13.7. The molecule has 1 rings (SSSR count). The number of carbonyl (C=O) groups excluding carboxylic acids is 2. The molecule has 0 radical (unpaired) electrons. The third-order valence-corrected chi connectivity index (χ3v) is 5.66. The Morgan fingerprint density at radius 1 is 0.933 bits per heavy atom. The predicted molar refractivity (Wildman–Crippen MR) is 123 cm³/mol. The van der Waals surface area contributed by atoms with Gasteiger partial charge in [0, 0.05) is 11.5 Å². The summed E-state index contributed by atoms with van der Waals surface area (Å²) in [6.45, 7) is 15.2. The Balaban J connectivity index is 3.87. The maximum absolute atomic E-state index is 13.7. The fourth-order valence-electron chi connectivity index (χ4n) is 3.38. The second-order valence-corrected chi connectivity index (χ2v) is 9.09. The largest absolute Gasteiger partial charge is 0.511 e. The minimum Gasteiger partial charge on any atom is -0.511 e. The summed E-state index contributed by atoms with van der Waals surface area (Å²) in [4.78, 5) is 26.8. The van der Waals surface area contributed by atoms with Crippen molar-refractivity contribution in [2.24, 2.45) is 11.3 Å². The van der Waals surface area contributed by atoms with E-state index in [-0.39, 0.29) is 53.6 Å². The monoisotopic (exact) mass is 414 g/mol. The molecule has 0 fully saturated rings. The van der Waals surface area contributed by atoms with Crippen LogP contribution < -0.4 is 0 Å². The lowest BCUT2D eigenvalue weighted by Gasteiger charge is -2.36. The van der Waals surface area contributed by atoms with Crippen LogP contribution in [0, 0.1) is 11.3 Å². The van der Waals surface area contributed by atoms with Crippen molar-refractivity contribution in [2.45, 2.75) is 81.1 Å². The summed E-state index contributed by atoms with van der Waals surface area (Å²) in [5.41, 5.74) is 1.88. The minimum absolute atomic E-state index is 0.127. The van der Waals surface area contributed by atoms with Gasteiger partial charge in [0.05, 0.1) is 5.41 Å².